The van der Waals surface area contributed by atoms with Gasteiger partial charge in [-0.05, 0) is 42.8 Å². The zero-order valence-corrected chi connectivity index (χ0v) is 11.3. The van der Waals surface area contributed by atoms with E-state index in [-0.39, 0.29) is 0 Å². The van der Waals surface area contributed by atoms with Crippen molar-refractivity contribution in [2.75, 3.05) is 17.2 Å². The van der Waals surface area contributed by atoms with E-state index in [4.69, 9.17) is 11.0 Å². The molecule has 2 N–H and O–H groups in total. The topological polar surface area (TPSA) is 53.0 Å². The van der Waals surface area contributed by atoms with Crippen LogP contribution in [0.1, 0.15) is 18.1 Å². The van der Waals surface area contributed by atoms with Crippen LogP contribution in [0.3, 0.4) is 0 Å². The van der Waals surface area contributed by atoms with E-state index in [1.165, 1.54) is 12.1 Å². The Kier molecular flexibility index (Phi) is 4.21. The molecule has 0 heterocycles. The minimum absolute atomic E-state index is 0.349. The fraction of sp³-hybridized carbons (Fsp3) is 0.188. The van der Waals surface area contributed by atoms with E-state index in [9.17, 15) is 4.39 Å². The normalized spacial score (nSPS) is 10.1. The van der Waals surface area contributed by atoms with E-state index >= 15 is 0 Å². The van der Waals surface area contributed by atoms with Crippen molar-refractivity contribution in [1.82, 2.24) is 0 Å². The summed E-state index contributed by atoms with van der Waals surface area (Å²) in [6.45, 7) is 3.38. The molecule has 3 nitrogen and oxygen atoms in total. The Morgan fingerprint density at radius 3 is 2.50 bits per heavy atom. The number of rotatable bonds is 4. The smallest absolute Gasteiger partial charge is 0.124 e. The van der Waals surface area contributed by atoms with Crippen LogP contribution in [0.2, 0.25) is 0 Å². The molecule has 2 rings (SSSR count). The predicted octanol–water partition coefficient (Wildman–Crippen LogP) is 3.31. The van der Waals surface area contributed by atoms with Crippen LogP contribution in [0.5, 0.6) is 0 Å². The summed E-state index contributed by atoms with van der Waals surface area (Å²) in [5.74, 6) is -0.395. The Morgan fingerprint density at radius 2 is 1.90 bits per heavy atom. The van der Waals surface area contributed by atoms with Crippen molar-refractivity contribution in [2.24, 2.45) is 0 Å². The lowest BCUT2D eigenvalue weighted by atomic mass is 10.1. The largest absolute Gasteiger partial charge is 0.399 e. The van der Waals surface area contributed by atoms with Gasteiger partial charge < -0.3 is 10.6 Å². The van der Waals surface area contributed by atoms with Crippen LogP contribution >= 0.6 is 0 Å². The third-order valence-corrected chi connectivity index (χ3v) is 3.15. The first-order valence-electron chi connectivity index (χ1n) is 6.43. The van der Waals surface area contributed by atoms with E-state index in [1.54, 1.807) is 6.07 Å². The van der Waals surface area contributed by atoms with Gasteiger partial charge in [0.05, 0.1) is 11.3 Å². The first-order valence-corrected chi connectivity index (χ1v) is 6.43. The summed E-state index contributed by atoms with van der Waals surface area (Å²) >= 11 is 0. The van der Waals surface area contributed by atoms with Gasteiger partial charge in [-0.2, -0.15) is 5.26 Å². The molecule has 2 aromatic rings. The Balaban J connectivity index is 2.29. The quantitative estimate of drug-likeness (QED) is 0.866. The Morgan fingerprint density at radius 1 is 1.20 bits per heavy atom. The van der Waals surface area contributed by atoms with Gasteiger partial charge in [-0.25, -0.2) is 4.39 Å². The highest BCUT2D eigenvalue weighted by molar-refractivity contribution is 5.59. The number of hydrogen-bond donors (Lipinski definition) is 1. The molecule has 20 heavy (non-hydrogen) atoms. The summed E-state index contributed by atoms with van der Waals surface area (Å²) in [5, 5.41) is 9.13. The molecule has 0 radical (unpaired) electrons. The number of nitrogen functional groups attached to an aromatic ring is 1. The SMILES string of the molecule is CCN(Cc1ccc(N)cc1)c1ccc(F)cc1C#N. The van der Waals surface area contributed by atoms with E-state index in [2.05, 4.69) is 0 Å². The van der Waals surface area contributed by atoms with Crippen LogP contribution in [0, 0.1) is 17.1 Å². The molecule has 0 aliphatic rings. The summed E-state index contributed by atoms with van der Waals surface area (Å²) in [6.07, 6.45) is 0. The highest BCUT2D eigenvalue weighted by Gasteiger charge is 2.11. The first-order chi connectivity index (χ1) is 9.63. The van der Waals surface area contributed by atoms with Crippen molar-refractivity contribution >= 4 is 11.4 Å². The maximum atomic E-state index is 13.2. The molecule has 0 aromatic heterocycles. The average molecular weight is 269 g/mol. The standard InChI is InChI=1S/C16H16FN3/c1-2-20(11-12-3-6-15(19)7-4-12)16-8-5-14(17)9-13(16)10-18/h3-9H,2,11,19H2,1H3. The molecule has 0 aliphatic carbocycles. The fourth-order valence-electron chi connectivity index (χ4n) is 2.08. The van der Waals surface area contributed by atoms with Crippen LogP contribution in [0.4, 0.5) is 15.8 Å². The van der Waals surface area contributed by atoms with Crippen molar-refractivity contribution in [1.29, 1.82) is 5.26 Å². The summed E-state index contributed by atoms with van der Waals surface area (Å²) < 4.78 is 13.2. The third-order valence-electron chi connectivity index (χ3n) is 3.15. The lowest BCUT2D eigenvalue weighted by Crippen LogP contribution is -2.23. The van der Waals surface area contributed by atoms with Crippen LogP contribution in [-0.4, -0.2) is 6.54 Å². The number of nitriles is 1. The number of hydrogen-bond acceptors (Lipinski definition) is 3. The first kappa shape index (κ1) is 13.9. The molecule has 4 heteroatoms. The van der Waals surface area contributed by atoms with Crippen LogP contribution in [-0.2, 0) is 6.54 Å². The van der Waals surface area contributed by atoms with Crippen LogP contribution in [0.15, 0.2) is 42.5 Å². The molecule has 0 amide bonds. The molecule has 0 fully saturated rings. The van der Waals surface area contributed by atoms with Gasteiger partial charge in [0.25, 0.3) is 0 Å². The van der Waals surface area contributed by atoms with Gasteiger partial charge in [0, 0.05) is 18.8 Å². The molecule has 0 bridgehead atoms. The Hall–Kier alpha value is -2.54. The fourth-order valence-corrected chi connectivity index (χ4v) is 2.08. The number of benzene rings is 2. The van der Waals surface area contributed by atoms with Crippen molar-refractivity contribution in [3.05, 3.63) is 59.4 Å². The molecule has 0 atom stereocenters. The lowest BCUT2D eigenvalue weighted by molar-refractivity contribution is 0.627. The molecule has 0 saturated heterocycles. The summed E-state index contributed by atoms with van der Waals surface area (Å²) in [7, 11) is 0. The minimum Gasteiger partial charge on any atom is -0.399 e. The summed E-state index contributed by atoms with van der Waals surface area (Å²) in [5.41, 5.74) is 8.57. The Bertz CT molecular complexity index is 629. The maximum absolute atomic E-state index is 13.2. The number of halogens is 1. The Labute approximate surface area is 118 Å². The summed E-state index contributed by atoms with van der Waals surface area (Å²) in [4.78, 5) is 2.03. The van der Waals surface area contributed by atoms with E-state index in [1.807, 2.05) is 42.2 Å². The second-order valence-electron chi connectivity index (χ2n) is 4.53. The van der Waals surface area contributed by atoms with Crippen molar-refractivity contribution in [3.63, 3.8) is 0 Å². The van der Waals surface area contributed by atoms with Crippen LogP contribution < -0.4 is 10.6 Å². The number of nitrogens with zero attached hydrogens (tertiary/aromatic N) is 2. The number of anilines is 2. The van der Waals surface area contributed by atoms with Gasteiger partial charge in [0.2, 0.25) is 0 Å². The molecular formula is C16H16FN3. The van der Waals surface area contributed by atoms with Gasteiger partial charge in [-0.15, -0.1) is 0 Å². The lowest BCUT2D eigenvalue weighted by Gasteiger charge is -2.24. The molecule has 2 aromatic carbocycles. The second kappa shape index (κ2) is 6.07. The van der Waals surface area contributed by atoms with Gasteiger partial charge in [-0.3, -0.25) is 0 Å². The molecule has 102 valence electrons. The monoisotopic (exact) mass is 269 g/mol. The maximum Gasteiger partial charge on any atom is 0.124 e. The second-order valence-corrected chi connectivity index (χ2v) is 4.53. The van der Waals surface area contributed by atoms with Crippen molar-refractivity contribution in [3.8, 4) is 6.07 Å². The van der Waals surface area contributed by atoms with Crippen molar-refractivity contribution in [2.45, 2.75) is 13.5 Å². The molecule has 0 spiro atoms. The predicted molar refractivity (Wildman–Crippen MR) is 78.7 cm³/mol. The van der Waals surface area contributed by atoms with Gasteiger partial charge in [-0.1, -0.05) is 12.1 Å². The van der Waals surface area contributed by atoms with Crippen molar-refractivity contribution < 1.29 is 4.39 Å². The zero-order chi connectivity index (χ0) is 14.5. The molecule has 0 saturated carbocycles. The molecular weight excluding hydrogens is 253 g/mol. The minimum atomic E-state index is -0.395. The highest BCUT2D eigenvalue weighted by Crippen LogP contribution is 2.23. The van der Waals surface area contributed by atoms with Gasteiger partial charge >= 0.3 is 0 Å². The van der Waals surface area contributed by atoms with Gasteiger partial charge in [0.15, 0.2) is 0 Å². The molecule has 0 unspecified atom stereocenters. The van der Waals surface area contributed by atoms with E-state index in [0.29, 0.717) is 12.1 Å². The summed E-state index contributed by atoms with van der Waals surface area (Å²) in [6, 6.07) is 13.9. The van der Waals surface area contributed by atoms with E-state index in [0.717, 1.165) is 23.5 Å². The van der Waals surface area contributed by atoms with Gasteiger partial charge in [0.1, 0.15) is 11.9 Å². The zero-order valence-electron chi connectivity index (χ0n) is 11.3. The van der Waals surface area contributed by atoms with Crippen LogP contribution in [0.25, 0.3) is 0 Å². The highest BCUT2D eigenvalue weighted by atomic mass is 19.1. The molecule has 0 aliphatic heterocycles. The average Bonchev–Trinajstić information content (AvgIpc) is 2.47. The third kappa shape index (κ3) is 3.07. The van der Waals surface area contributed by atoms with E-state index < -0.39 is 5.82 Å². The number of nitrogens with two attached hydrogens (primary N) is 1.